The first-order chi connectivity index (χ1) is 9.81. The molecule has 0 atom stereocenters. The number of rotatable bonds is 4. The van der Waals surface area contributed by atoms with Gasteiger partial charge >= 0.3 is 0 Å². The van der Waals surface area contributed by atoms with Gasteiger partial charge in [0, 0.05) is 36.5 Å². The maximum atomic E-state index is 5.24. The van der Waals surface area contributed by atoms with Crippen molar-refractivity contribution < 1.29 is 4.74 Å². The summed E-state index contributed by atoms with van der Waals surface area (Å²) in [6.07, 6.45) is 2.08. The summed E-state index contributed by atoms with van der Waals surface area (Å²) in [5.74, 6) is 0.831. The molecule has 0 bridgehead atoms. The highest BCUT2D eigenvalue weighted by atomic mass is 79.9. The van der Waals surface area contributed by atoms with Crippen LogP contribution < -0.4 is 10.1 Å². The first-order valence-electron chi connectivity index (χ1n) is 6.91. The van der Waals surface area contributed by atoms with Crippen molar-refractivity contribution >= 4 is 21.6 Å². The van der Waals surface area contributed by atoms with Crippen LogP contribution in [0.3, 0.4) is 0 Å². The molecule has 1 N–H and O–H groups in total. The molecule has 0 spiro atoms. The fraction of sp³-hybridized carbons (Fsp3) is 0.438. The lowest BCUT2D eigenvalue weighted by molar-refractivity contribution is 0.412. The zero-order chi connectivity index (χ0) is 15.6. The molecule has 114 valence electrons. The summed E-state index contributed by atoms with van der Waals surface area (Å²) in [6.45, 7) is 7.30. The number of hydrogen-bond donors (Lipinski definition) is 1. The molecule has 0 amide bonds. The summed E-state index contributed by atoms with van der Waals surface area (Å²) in [5, 5.41) is 8.03. The number of anilines is 1. The predicted molar refractivity (Wildman–Crippen MR) is 89.9 cm³/mol. The minimum atomic E-state index is 0.0404. The number of ether oxygens (including phenoxy) is 1. The lowest BCUT2D eigenvalue weighted by Gasteiger charge is -2.18. The van der Waals surface area contributed by atoms with Crippen LogP contribution in [-0.2, 0) is 19.0 Å². The lowest BCUT2D eigenvalue weighted by Crippen LogP contribution is -2.16. The molecule has 0 aliphatic heterocycles. The van der Waals surface area contributed by atoms with Crippen molar-refractivity contribution in [1.29, 1.82) is 0 Å². The number of aryl methyl sites for hydroxylation is 1. The van der Waals surface area contributed by atoms with Gasteiger partial charge in [-0.2, -0.15) is 5.10 Å². The first-order valence-corrected chi connectivity index (χ1v) is 7.71. The van der Waals surface area contributed by atoms with E-state index in [9.17, 15) is 0 Å². The largest absolute Gasteiger partial charge is 0.496 e. The topological polar surface area (TPSA) is 39.1 Å². The number of hydrogen-bond acceptors (Lipinski definition) is 3. The highest BCUT2D eigenvalue weighted by Gasteiger charge is 2.21. The molecule has 0 saturated carbocycles. The third kappa shape index (κ3) is 3.79. The quantitative estimate of drug-likeness (QED) is 0.900. The SMILES string of the molecule is COc1ccc(NCc2cn(C)nc2C(C)(C)C)cc1Br. The van der Waals surface area contributed by atoms with Crippen LogP contribution in [0.15, 0.2) is 28.9 Å². The minimum Gasteiger partial charge on any atom is -0.496 e. The van der Waals surface area contributed by atoms with Crippen LogP contribution in [-0.4, -0.2) is 16.9 Å². The lowest BCUT2D eigenvalue weighted by atomic mass is 9.89. The Kier molecular flexibility index (Phi) is 4.61. The molecule has 0 unspecified atom stereocenters. The molecule has 1 aromatic heterocycles. The van der Waals surface area contributed by atoms with Gasteiger partial charge in [-0.05, 0) is 34.1 Å². The average Bonchev–Trinajstić information content (AvgIpc) is 2.78. The number of nitrogens with one attached hydrogen (secondary N) is 1. The van der Waals surface area contributed by atoms with Crippen molar-refractivity contribution in [3.05, 3.63) is 40.1 Å². The van der Waals surface area contributed by atoms with Gasteiger partial charge in [-0.15, -0.1) is 0 Å². The van der Waals surface area contributed by atoms with Gasteiger partial charge in [0.1, 0.15) is 5.75 Å². The highest BCUT2D eigenvalue weighted by Crippen LogP contribution is 2.29. The molecular formula is C16H22BrN3O. The van der Waals surface area contributed by atoms with E-state index in [0.717, 1.165) is 28.1 Å². The molecule has 0 fully saturated rings. The van der Waals surface area contributed by atoms with Crippen LogP contribution in [0.5, 0.6) is 5.75 Å². The van der Waals surface area contributed by atoms with Crippen LogP contribution in [0.1, 0.15) is 32.0 Å². The van der Waals surface area contributed by atoms with Gasteiger partial charge in [0.25, 0.3) is 0 Å². The van der Waals surface area contributed by atoms with Crippen LogP contribution in [0.4, 0.5) is 5.69 Å². The molecule has 0 radical (unpaired) electrons. The third-order valence-electron chi connectivity index (χ3n) is 3.25. The Labute approximate surface area is 134 Å². The van der Waals surface area contributed by atoms with E-state index in [1.807, 2.05) is 29.9 Å². The van der Waals surface area contributed by atoms with Gasteiger partial charge < -0.3 is 10.1 Å². The molecule has 1 heterocycles. The van der Waals surface area contributed by atoms with Gasteiger partial charge in [-0.3, -0.25) is 4.68 Å². The summed E-state index contributed by atoms with van der Waals surface area (Å²) in [4.78, 5) is 0. The minimum absolute atomic E-state index is 0.0404. The zero-order valence-corrected chi connectivity index (χ0v) is 14.8. The van der Waals surface area contributed by atoms with Gasteiger partial charge in [0.15, 0.2) is 0 Å². The monoisotopic (exact) mass is 351 g/mol. The number of benzene rings is 1. The third-order valence-corrected chi connectivity index (χ3v) is 3.87. The standard InChI is InChI=1S/C16H22BrN3O/c1-16(2,3)15-11(10-20(4)19-15)9-18-12-6-7-14(21-5)13(17)8-12/h6-8,10,18H,9H2,1-5H3. The fourth-order valence-corrected chi connectivity index (χ4v) is 2.81. The molecule has 0 aliphatic rings. The van der Waals surface area contributed by atoms with E-state index in [2.05, 4.69) is 53.3 Å². The van der Waals surface area contributed by atoms with E-state index in [-0.39, 0.29) is 5.41 Å². The number of methoxy groups -OCH3 is 1. The zero-order valence-electron chi connectivity index (χ0n) is 13.2. The van der Waals surface area contributed by atoms with Crippen LogP contribution in [0, 0.1) is 0 Å². The second-order valence-corrected chi connectivity index (χ2v) is 6.98. The van der Waals surface area contributed by atoms with Crippen molar-refractivity contribution in [2.75, 3.05) is 12.4 Å². The van der Waals surface area contributed by atoms with Gasteiger partial charge in [0.05, 0.1) is 17.3 Å². The molecule has 1 aromatic carbocycles. The Morgan fingerprint density at radius 3 is 2.62 bits per heavy atom. The molecule has 0 saturated heterocycles. The normalized spacial score (nSPS) is 11.5. The number of aromatic nitrogens is 2. The Balaban J connectivity index is 2.15. The Morgan fingerprint density at radius 1 is 1.33 bits per heavy atom. The molecule has 21 heavy (non-hydrogen) atoms. The van der Waals surface area contributed by atoms with Crippen molar-refractivity contribution in [3.63, 3.8) is 0 Å². The summed E-state index contributed by atoms with van der Waals surface area (Å²) < 4.78 is 8.06. The Hall–Kier alpha value is -1.49. The predicted octanol–water partition coefficient (Wildman–Crippen LogP) is 4.10. The van der Waals surface area contributed by atoms with Crippen LogP contribution >= 0.6 is 15.9 Å². The van der Waals surface area contributed by atoms with Crippen molar-refractivity contribution in [2.24, 2.45) is 7.05 Å². The van der Waals surface area contributed by atoms with E-state index in [1.165, 1.54) is 5.56 Å². The van der Waals surface area contributed by atoms with Crippen LogP contribution in [0.25, 0.3) is 0 Å². The Bertz CT molecular complexity index is 629. The van der Waals surface area contributed by atoms with E-state index >= 15 is 0 Å². The van der Waals surface area contributed by atoms with Gasteiger partial charge in [-0.1, -0.05) is 20.8 Å². The molecule has 2 rings (SSSR count). The van der Waals surface area contributed by atoms with Gasteiger partial charge in [-0.25, -0.2) is 0 Å². The second-order valence-electron chi connectivity index (χ2n) is 6.13. The van der Waals surface area contributed by atoms with Crippen molar-refractivity contribution in [2.45, 2.75) is 32.7 Å². The fourth-order valence-electron chi connectivity index (χ4n) is 2.27. The first kappa shape index (κ1) is 15.9. The molecule has 5 heteroatoms. The van der Waals surface area contributed by atoms with Gasteiger partial charge in [0.2, 0.25) is 0 Å². The maximum Gasteiger partial charge on any atom is 0.133 e. The summed E-state index contributed by atoms with van der Waals surface area (Å²) in [6, 6.07) is 5.98. The smallest absolute Gasteiger partial charge is 0.133 e. The highest BCUT2D eigenvalue weighted by molar-refractivity contribution is 9.10. The summed E-state index contributed by atoms with van der Waals surface area (Å²) >= 11 is 3.50. The molecule has 0 aliphatic carbocycles. The second kappa shape index (κ2) is 6.10. The number of halogens is 1. The molecule has 4 nitrogen and oxygen atoms in total. The van der Waals surface area contributed by atoms with E-state index in [4.69, 9.17) is 4.74 Å². The van der Waals surface area contributed by atoms with Crippen molar-refractivity contribution in [3.8, 4) is 5.75 Å². The average molecular weight is 352 g/mol. The Morgan fingerprint density at radius 2 is 2.05 bits per heavy atom. The molecule has 2 aromatic rings. The van der Waals surface area contributed by atoms with Crippen LogP contribution in [0.2, 0.25) is 0 Å². The molecular weight excluding hydrogens is 330 g/mol. The van der Waals surface area contributed by atoms with Crippen molar-refractivity contribution in [1.82, 2.24) is 9.78 Å². The van der Waals surface area contributed by atoms with E-state index in [0.29, 0.717) is 0 Å². The maximum absolute atomic E-state index is 5.24. The number of nitrogens with zero attached hydrogens (tertiary/aromatic N) is 2. The van der Waals surface area contributed by atoms with E-state index < -0.39 is 0 Å². The van der Waals surface area contributed by atoms with E-state index in [1.54, 1.807) is 7.11 Å². The summed E-state index contributed by atoms with van der Waals surface area (Å²) in [7, 11) is 3.63. The summed E-state index contributed by atoms with van der Waals surface area (Å²) in [5.41, 5.74) is 3.44.